The molecule has 0 radical (unpaired) electrons. The second-order valence-electron chi connectivity index (χ2n) is 4.47. The Balaban J connectivity index is 2.60. The van der Waals surface area contributed by atoms with Gasteiger partial charge in [0.2, 0.25) is 0 Å². The minimum absolute atomic E-state index is 0.387. The van der Waals surface area contributed by atoms with E-state index in [-0.39, 0.29) is 5.60 Å². The first-order valence-corrected chi connectivity index (χ1v) is 7.63. The van der Waals surface area contributed by atoms with Crippen LogP contribution in [0.2, 0.25) is 0 Å². The summed E-state index contributed by atoms with van der Waals surface area (Å²) < 4.78 is 5.73. The molecule has 0 saturated heterocycles. The number of anilines is 1. The summed E-state index contributed by atoms with van der Waals surface area (Å²) in [5.41, 5.74) is -0.387. The SMILES string of the molecule is CCNc1nc(C(CC)(CC)OC)nc2sccc12. The zero-order chi connectivity index (χ0) is 13.9. The van der Waals surface area contributed by atoms with Crippen LogP contribution in [-0.4, -0.2) is 23.6 Å². The van der Waals surface area contributed by atoms with Gasteiger partial charge in [-0.05, 0) is 31.2 Å². The minimum Gasteiger partial charge on any atom is -0.370 e. The second kappa shape index (κ2) is 5.84. The molecule has 5 heteroatoms. The van der Waals surface area contributed by atoms with Gasteiger partial charge in [0.25, 0.3) is 0 Å². The van der Waals surface area contributed by atoms with Crippen molar-refractivity contribution < 1.29 is 4.74 Å². The Kier molecular flexibility index (Phi) is 4.37. The van der Waals surface area contributed by atoms with E-state index in [0.29, 0.717) is 0 Å². The van der Waals surface area contributed by atoms with Gasteiger partial charge in [-0.25, -0.2) is 9.97 Å². The molecule has 4 nitrogen and oxygen atoms in total. The van der Waals surface area contributed by atoms with Crippen LogP contribution < -0.4 is 5.32 Å². The summed E-state index contributed by atoms with van der Waals surface area (Å²) in [5.74, 6) is 1.69. The first-order valence-electron chi connectivity index (χ1n) is 6.75. The third kappa shape index (κ3) is 2.44. The maximum absolute atomic E-state index is 5.73. The molecule has 19 heavy (non-hydrogen) atoms. The van der Waals surface area contributed by atoms with Crippen molar-refractivity contribution in [3.05, 3.63) is 17.3 Å². The summed E-state index contributed by atoms with van der Waals surface area (Å²) in [6.45, 7) is 7.15. The molecule has 2 aromatic heterocycles. The highest BCUT2D eigenvalue weighted by atomic mass is 32.1. The lowest BCUT2D eigenvalue weighted by atomic mass is 9.96. The molecule has 0 aliphatic heterocycles. The number of ether oxygens (including phenoxy) is 1. The van der Waals surface area contributed by atoms with Crippen molar-refractivity contribution in [1.29, 1.82) is 0 Å². The molecule has 0 aromatic carbocycles. The fraction of sp³-hybridized carbons (Fsp3) is 0.571. The van der Waals surface area contributed by atoms with Gasteiger partial charge in [-0.1, -0.05) is 13.8 Å². The standard InChI is InChI=1S/C14H21N3OS/c1-5-14(6-2,18-4)13-16-11(15-7-3)10-8-9-19-12(10)17-13/h8-9H,5-7H2,1-4H3,(H,15,16,17). The first kappa shape index (κ1) is 14.2. The number of thiophene rings is 1. The van der Waals surface area contributed by atoms with Crippen LogP contribution in [0, 0.1) is 0 Å². The summed E-state index contributed by atoms with van der Waals surface area (Å²) in [7, 11) is 1.74. The van der Waals surface area contributed by atoms with Gasteiger partial charge in [-0.2, -0.15) is 0 Å². The number of nitrogens with one attached hydrogen (secondary N) is 1. The van der Waals surface area contributed by atoms with Crippen molar-refractivity contribution in [2.45, 2.75) is 39.2 Å². The van der Waals surface area contributed by atoms with Crippen LogP contribution in [0.1, 0.15) is 39.4 Å². The molecule has 0 aliphatic rings. The quantitative estimate of drug-likeness (QED) is 0.874. The molecule has 2 aromatic rings. The number of rotatable bonds is 6. The van der Waals surface area contributed by atoms with E-state index in [0.717, 1.165) is 41.2 Å². The fourth-order valence-electron chi connectivity index (χ4n) is 2.31. The molecule has 0 atom stereocenters. The molecule has 0 aliphatic carbocycles. The second-order valence-corrected chi connectivity index (χ2v) is 5.37. The Morgan fingerprint density at radius 2 is 2.00 bits per heavy atom. The molecule has 0 spiro atoms. The summed E-state index contributed by atoms with van der Waals surface area (Å²) in [5, 5.41) is 6.46. The first-order chi connectivity index (χ1) is 9.20. The third-order valence-corrected chi connectivity index (χ3v) is 4.42. The third-order valence-electron chi connectivity index (χ3n) is 3.61. The van der Waals surface area contributed by atoms with Crippen LogP contribution in [0.3, 0.4) is 0 Å². The van der Waals surface area contributed by atoms with Gasteiger partial charge in [0.15, 0.2) is 5.82 Å². The maximum atomic E-state index is 5.73. The predicted octanol–water partition coefficient (Wildman–Crippen LogP) is 3.78. The van der Waals surface area contributed by atoms with Crippen molar-refractivity contribution in [2.24, 2.45) is 0 Å². The molecule has 2 heterocycles. The molecule has 2 rings (SSSR count). The van der Waals surface area contributed by atoms with Crippen molar-refractivity contribution in [3.8, 4) is 0 Å². The monoisotopic (exact) mass is 279 g/mol. The highest BCUT2D eigenvalue weighted by Gasteiger charge is 2.32. The average molecular weight is 279 g/mol. The van der Waals surface area contributed by atoms with Crippen LogP contribution in [-0.2, 0) is 10.3 Å². The van der Waals surface area contributed by atoms with Crippen LogP contribution in [0.15, 0.2) is 11.4 Å². The molecule has 0 bridgehead atoms. The van der Waals surface area contributed by atoms with Gasteiger partial charge in [0.05, 0.1) is 5.39 Å². The van der Waals surface area contributed by atoms with Crippen molar-refractivity contribution in [3.63, 3.8) is 0 Å². The predicted molar refractivity (Wildman–Crippen MR) is 80.8 cm³/mol. The Bertz CT molecular complexity index is 540. The van der Waals surface area contributed by atoms with E-state index in [2.05, 4.69) is 37.5 Å². The maximum Gasteiger partial charge on any atom is 0.164 e. The molecule has 0 fully saturated rings. The Morgan fingerprint density at radius 1 is 1.26 bits per heavy atom. The van der Waals surface area contributed by atoms with Crippen LogP contribution in [0.25, 0.3) is 10.2 Å². The largest absolute Gasteiger partial charge is 0.370 e. The molecule has 1 N–H and O–H groups in total. The number of aromatic nitrogens is 2. The lowest BCUT2D eigenvalue weighted by Gasteiger charge is -2.28. The number of fused-ring (bicyclic) bond motifs is 1. The van der Waals surface area contributed by atoms with E-state index in [4.69, 9.17) is 14.7 Å². The Hall–Kier alpha value is -1.20. The number of hydrogen-bond acceptors (Lipinski definition) is 5. The molecule has 0 amide bonds. The fourth-order valence-corrected chi connectivity index (χ4v) is 3.07. The van der Waals surface area contributed by atoms with Gasteiger partial charge in [0.1, 0.15) is 16.2 Å². The normalized spacial score (nSPS) is 12.0. The van der Waals surface area contributed by atoms with Crippen molar-refractivity contribution in [1.82, 2.24) is 9.97 Å². The zero-order valence-corrected chi connectivity index (χ0v) is 12.8. The highest BCUT2D eigenvalue weighted by molar-refractivity contribution is 7.16. The van der Waals surface area contributed by atoms with E-state index in [1.807, 2.05) is 0 Å². The van der Waals surface area contributed by atoms with E-state index in [1.54, 1.807) is 18.4 Å². The Morgan fingerprint density at radius 3 is 2.58 bits per heavy atom. The lowest BCUT2D eigenvalue weighted by Crippen LogP contribution is -2.29. The van der Waals surface area contributed by atoms with Crippen LogP contribution in [0.5, 0.6) is 0 Å². The van der Waals surface area contributed by atoms with Gasteiger partial charge in [0, 0.05) is 13.7 Å². The van der Waals surface area contributed by atoms with E-state index in [1.165, 1.54) is 0 Å². The number of hydrogen-bond donors (Lipinski definition) is 1. The summed E-state index contributed by atoms with van der Waals surface area (Å²) in [6.07, 6.45) is 1.73. The van der Waals surface area contributed by atoms with Gasteiger partial charge in [-0.15, -0.1) is 11.3 Å². The Labute approximate surface area is 118 Å². The summed E-state index contributed by atoms with van der Waals surface area (Å²) in [4.78, 5) is 10.4. The lowest BCUT2D eigenvalue weighted by molar-refractivity contribution is -0.0287. The molecule has 0 unspecified atom stereocenters. The van der Waals surface area contributed by atoms with E-state index < -0.39 is 0 Å². The molecule has 104 valence electrons. The summed E-state index contributed by atoms with van der Waals surface area (Å²) >= 11 is 1.64. The van der Waals surface area contributed by atoms with Crippen molar-refractivity contribution in [2.75, 3.05) is 19.0 Å². The number of methoxy groups -OCH3 is 1. The zero-order valence-electron chi connectivity index (χ0n) is 12.0. The average Bonchev–Trinajstić information content (AvgIpc) is 2.90. The van der Waals surface area contributed by atoms with Crippen LogP contribution >= 0.6 is 11.3 Å². The minimum atomic E-state index is -0.387. The van der Waals surface area contributed by atoms with E-state index >= 15 is 0 Å². The topological polar surface area (TPSA) is 47.0 Å². The van der Waals surface area contributed by atoms with Gasteiger partial charge >= 0.3 is 0 Å². The number of nitrogens with zero attached hydrogens (tertiary/aromatic N) is 2. The highest BCUT2D eigenvalue weighted by Crippen LogP contribution is 2.34. The molecular weight excluding hydrogens is 258 g/mol. The molecule has 0 saturated carbocycles. The van der Waals surface area contributed by atoms with Crippen molar-refractivity contribution >= 4 is 27.4 Å². The smallest absolute Gasteiger partial charge is 0.164 e. The van der Waals surface area contributed by atoms with Gasteiger partial charge in [-0.3, -0.25) is 0 Å². The van der Waals surface area contributed by atoms with Gasteiger partial charge < -0.3 is 10.1 Å². The van der Waals surface area contributed by atoms with E-state index in [9.17, 15) is 0 Å². The molecular formula is C14H21N3OS. The van der Waals surface area contributed by atoms with Crippen LogP contribution in [0.4, 0.5) is 5.82 Å². The summed E-state index contributed by atoms with van der Waals surface area (Å²) in [6, 6.07) is 2.06.